The highest BCUT2D eigenvalue weighted by atomic mass is 16.2. The molecule has 0 saturated carbocycles. The van der Waals surface area contributed by atoms with Gasteiger partial charge in [0, 0.05) is 24.0 Å². The molecule has 3 aromatic carbocycles. The number of aryl methyl sites for hydroxylation is 2. The van der Waals surface area contributed by atoms with Gasteiger partial charge < -0.3 is 5.32 Å². The monoisotopic (exact) mass is 460 g/mol. The molecule has 0 unspecified atom stereocenters. The van der Waals surface area contributed by atoms with Crippen LogP contribution in [0, 0.1) is 0 Å². The van der Waals surface area contributed by atoms with Gasteiger partial charge in [0.15, 0.2) is 5.78 Å². The predicted molar refractivity (Wildman–Crippen MR) is 140 cm³/mol. The Hall–Kier alpha value is -4.05. The van der Waals surface area contributed by atoms with Crippen LogP contribution in [-0.2, 0) is 17.6 Å². The Bertz CT molecular complexity index is 1290. The summed E-state index contributed by atoms with van der Waals surface area (Å²) in [6.45, 7) is 0. The number of hydrogen-bond acceptors (Lipinski definition) is 3. The maximum atomic E-state index is 12.8. The van der Waals surface area contributed by atoms with E-state index in [-0.39, 0.29) is 24.5 Å². The largest absolute Gasteiger partial charge is 0.311 e. The quantitative estimate of drug-likeness (QED) is 0.305. The van der Waals surface area contributed by atoms with Gasteiger partial charge in [-0.2, -0.15) is 0 Å². The van der Waals surface area contributed by atoms with Crippen molar-refractivity contribution in [3.8, 4) is 22.4 Å². The molecular weight excluding hydrogens is 432 g/mol. The molecule has 4 heteroatoms. The number of Topliss-reactive ketones (excluding diaryl/α,β-unsaturated/α-hetero) is 1. The van der Waals surface area contributed by atoms with E-state index in [2.05, 4.69) is 16.4 Å². The van der Waals surface area contributed by atoms with Crippen LogP contribution in [0.4, 0.5) is 5.82 Å². The highest BCUT2D eigenvalue weighted by molar-refractivity contribution is 6.00. The minimum absolute atomic E-state index is 0.00416. The van der Waals surface area contributed by atoms with Gasteiger partial charge in [-0.1, -0.05) is 72.8 Å². The Morgan fingerprint density at radius 2 is 1.37 bits per heavy atom. The van der Waals surface area contributed by atoms with Crippen molar-refractivity contribution in [3.63, 3.8) is 0 Å². The zero-order valence-corrected chi connectivity index (χ0v) is 19.7. The fraction of sp³-hybridized carbons (Fsp3) is 0.194. The molecule has 5 rings (SSSR count). The van der Waals surface area contributed by atoms with Gasteiger partial charge in [-0.3, -0.25) is 9.59 Å². The molecule has 0 fully saturated rings. The van der Waals surface area contributed by atoms with Crippen LogP contribution >= 0.6 is 0 Å². The summed E-state index contributed by atoms with van der Waals surface area (Å²) in [7, 11) is 0. The van der Waals surface area contributed by atoms with Gasteiger partial charge >= 0.3 is 0 Å². The number of aromatic nitrogens is 1. The molecule has 35 heavy (non-hydrogen) atoms. The van der Waals surface area contributed by atoms with E-state index in [0.717, 1.165) is 35.2 Å². The zero-order chi connectivity index (χ0) is 24.0. The summed E-state index contributed by atoms with van der Waals surface area (Å²) in [5.74, 6) is 0.272. The second-order valence-electron chi connectivity index (χ2n) is 9.02. The smallest absolute Gasteiger partial charge is 0.225 e. The van der Waals surface area contributed by atoms with E-state index >= 15 is 0 Å². The number of hydrogen-bond donors (Lipinski definition) is 1. The van der Waals surface area contributed by atoms with E-state index < -0.39 is 0 Å². The molecule has 0 bridgehead atoms. The second-order valence-corrected chi connectivity index (χ2v) is 9.02. The number of carbonyl (C=O) groups excluding carboxylic acids is 2. The molecule has 1 aliphatic carbocycles. The third-order valence-corrected chi connectivity index (χ3v) is 6.52. The Morgan fingerprint density at radius 3 is 2.11 bits per heavy atom. The predicted octanol–water partition coefficient (Wildman–Crippen LogP) is 6.90. The van der Waals surface area contributed by atoms with Crippen LogP contribution in [0.15, 0.2) is 91.0 Å². The molecule has 1 aromatic heterocycles. The first kappa shape index (κ1) is 22.7. The molecule has 0 aliphatic heterocycles. The molecule has 1 aliphatic rings. The molecule has 0 saturated heterocycles. The minimum Gasteiger partial charge on any atom is -0.311 e. The van der Waals surface area contributed by atoms with Crippen LogP contribution in [0.25, 0.3) is 22.4 Å². The highest BCUT2D eigenvalue weighted by Crippen LogP contribution is 2.28. The third-order valence-electron chi connectivity index (χ3n) is 6.52. The number of nitrogens with one attached hydrogen (secondary N) is 1. The number of ketones is 1. The minimum atomic E-state index is -0.215. The molecule has 4 aromatic rings. The standard InChI is InChI=1S/C31H28N2O2/c34-29(26-16-15-23-11-7-8-14-25(23)19-26)17-18-31(35)33-30-21-27(22-9-3-1-4-10-22)20-28(32-30)24-12-5-2-6-13-24/h1-6,9-10,12-13,15-16,19-21H,7-8,11,14,17-18H2,(H,32,33,35). The van der Waals surface area contributed by atoms with E-state index in [1.165, 1.54) is 24.0 Å². The number of pyridine rings is 1. The molecular formula is C31H28N2O2. The first-order valence-corrected chi connectivity index (χ1v) is 12.2. The van der Waals surface area contributed by atoms with Crippen LogP contribution in [0.3, 0.4) is 0 Å². The van der Waals surface area contributed by atoms with Gasteiger partial charge in [-0.05, 0) is 66.1 Å². The van der Waals surface area contributed by atoms with Gasteiger partial charge in [-0.15, -0.1) is 0 Å². The lowest BCUT2D eigenvalue weighted by Crippen LogP contribution is -2.15. The van der Waals surface area contributed by atoms with Gasteiger partial charge in [0.2, 0.25) is 5.91 Å². The first-order valence-electron chi connectivity index (χ1n) is 12.2. The van der Waals surface area contributed by atoms with Crippen molar-refractivity contribution < 1.29 is 9.59 Å². The van der Waals surface area contributed by atoms with Crippen LogP contribution in [0.2, 0.25) is 0 Å². The molecule has 0 atom stereocenters. The zero-order valence-electron chi connectivity index (χ0n) is 19.7. The number of benzene rings is 3. The topological polar surface area (TPSA) is 59.1 Å². The van der Waals surface area contributed by atoms with Crippen LogP contribution < -0.4 is 5.32 Å². The fourth-order valence-electron chi connectivity index (χ4n) is 4.63. The van der Waals surface area contributed by atoms with Crippen LogP contribution in [-0.4, -0.2) is 16.7 Å². The highest BCUT2D eigenvalue weighted by Gasteiger charge is 2.15. The summed E-state index contributed by atoms with van der Waals surface area (Å²) < 4.78 is 0. The lowest BCUT2D eigenvalue weighted by Gasteiger charge is -2.16. The van der Waals surface area contributed by atoms with Gasteiger partial charge in [0.05, 0.1) is 5.69 Å². The molecule has 1 N–H and O–H groups in total. The number of rotatable bonds is 7. The molecule has 1 amide bonds. The van der Waals surface area contributed by atoms with Crippen LogP contribution in [0.5, 0.6) is 0 Å². The average Bonchev–Trinajstić information content (AvgIpc) is 2.92. The maximum absolute atomic E-state index is 12.8. The van der Waals surface area contributed by atoms with Crippen molar-refractivity contribution >= 4 is 17.5 Å². The number of amides is 1. The molecule has 1 heterocycles. The van der Waals surface area contributed by atoms with Gasteiger partial charge in [0.25, 0.3) is 0 Å². The number of nitrogens with zero attached hydrogens (tertiary/aromatic N) is 1. The molecule has 0 spiro atoms. The Labute approximate surface area is 206 Å². The van der Waals surface area contributed by atoms with Gasteiger partial charge in [-0.25, -0.2) is 4.98 Å². The fourth-order valence-corrected chi connectivity index (χ4v) is 4.63. The van der Waals surface area contributed by atoms with E-state index in [0.29, 0.717) is 11.4 Å². The van der Waals surface area contributed by atoms with E-state index in [4.69, 9.17) is 0 Å². The number of anilines is 1. The lowest BCUT2D eigenvalue weighted by molar-refractivity contribution is -0.116. The number of carbonyl (C=O) groups is 2. The van der Waals surface area contributed by atoms with Crippen molar-refractivity contribution in [1.82, 2.24) is 4.98 Å². The van der Waals surface area contributed by atoms with Gasteiger partial charge in [0.1, 0.15) is 5.82 Å². The van der Waals surface area contributed by atoms with Crippen molar-refractivity contribution in [3.05, 3.63) is 108 Å². The summed E-state index contributed by atoms with van der Waals surface area (Å²) >= 11 is 0. The van der Waals surface area contributed by atoms with Crippen LogP contribution in [0.1, 0.15) is 47.2 Å². The maximum Gasteiger partial charge on any atom is 0.225 e. The Kier molecular flexibility index (Phi) is 6.80. The normalized spacial score (nSPS) is 12.6. The van der Waals surface area contributed by atoms with E-state index in [1.54, 1.807) is 0 Å². The molecule has 4 nitrogen and oxygen atoms in total. The summed E-state index contributed by atoms with van der Waals surface area (Å²) in [5, 5.41) is 2.92. The summed E-state index contributed by atoms with van der Waals surface area (Å²) in [4.78, 5) is 30.2. The molecule has 174 valence electrons. The van der Waals surface area contributed by atoms with Crippen molar-refractivity contribution in [1.29, 1.82) is 0 Å². The second kappa shape index (κ2) is 10.5. The van der Waals surface area contributed by atoms with Crippen molar-refractivity contribution in [2.45, 2.75) is 38.5 Å². The van der Waals surface area contributed by atoms with Crippen molar-refractivity contribution in [2.75, 3.05) is 5.32 Å². The Morgan fingerprint density at radius 1 is 0.686 bits per heavy atom. The molecule has 0 radical (unpaired) electrons. The third kappa shape index (κ3) is 5.55. The Balaban J connectivity index is 1.31. The first-order chi connectivity index (χ1) is 17.2. The van der Waals surface area contributed by atoms with Crippen molar-refractivity contribution in [2.24, 2.45) is 0 Å². The summed E-state index contributed by atoms with van der Waals surface area (Å²) in [6.07, 6.45) is 4.80. The lowest BCUT2D eigenvalue weighted by atomic mass is 9.89. The summed E-state index contributed by atoms with van der Waals surface area (Å²) in [6, 6.07) is 29.8. The van der Waals surface area contributed by atoms with E-state index in [1.807, 2.05) is 84.9 Å². The average molecular weight is 461 g/mol. The SMILES string of the molecule is O=C(CCC(=O)c1ccc2c(c1)CCCC2)Nc1cc(-c2ccccc2)cc(-c2ccccc2)n1. The number of fused-ring (bicyclic) bond motifs is 1. The summed E-state index contributed by atoms with van der Waals surface area (Å²) in [5.41, 5.74) is 7.11. The van der Waals surface area contributed by atoms with E-state index in [9.17, 15) is 9.59 Å².